The monoisotopic (exact) mass is 638 g/mol. The molecule has 0 bridgehead atoms. The number of benzene rings is 4. The minimum atomic E-state index is -4.15. The van der Waals surface area contributed by atoms with Gasteiger partial charge in [-0.3, -0.25) is 8.37 Å². The average molecular weight is 639 g/mol. The molecule has 0 amide bonds. The number of hydrogen-bond donors (Lipinski definition) is 0. The van der Waals surface area contributed by atoms with Gasteiger partial charge in [-0.25, -0.2) is 0 Å². The van der Waals surface area contributed by atoms with Gasteiger partial charge >= 0.3 is 0 Å². The summed E-state index contributed by atoms with van der Waals surface area (Å²) in [7, 11) is -8.18. The summed E-state index contributed by atoms with van der Waals surface area (Å²) in [6.07, 6.45) is -2.63. The largest absolute Gasteiger partial charge is 0.371 e. The van der Waals surface area contributed by atoms with Crippen molar-refractivity contribution in [1.29, 1.82) is 0 Å². The third-order valence-corrected chi connectivity index (χ3v) is 9.69. The molecule has 0 aliphatic heterocycles. The van der Waals surface area contributed by atoms with Crippen LogP contribution in [0.2, 0.25) is 0 Å². The second-order valence-electron chi connectivity index (χ2n) is 10.5. The smallest absolute Gasteiger partial charge is 0.297 e. The Morgan fingerprint density at radius 1 is 0.591 bits per heavy atom. The third-order valence-electron chi connectivity index (χ3n) is 6.96. The molecule has 0 aliphatic rings. The van der Waals surface area contributed by atoms with Gasteiger partial charge in [0.25, 0.3) is 20.2 Å². The fourth-order valence-electron chi connectivity index (χ4n) is 4.49. The molecule has 0 unspecified atom stereocenters. The van der Waals surface area contributed by atoms with Crippen molar-refractivity contribution in [2.75, 3.05) is 6.61 Å². The maximum Gasteiger partial charge on any atom is 0.297 e. The Morgan fingerprint density at radius 2 is 1.05 bits per heavy atom. The lowest BCUT2D eigenvalue weighted by Gasteiger charge is -2.31. The fraction of sp³-hybridized carbons (Fsp3) is 0.294. The highest BCUT2D eigenvalue weighted by Gasteiger charge is 2.34. The van der Waals surface area contributed by atoms with Gasteiger partial charge in [-0.2, -0.15) is 16.8 Å². The second kappa shape index (κ2) is 15.6. The van der Waals surface area contributed by atoms with Gasteiger partial charge in [0.05, 0.1) is 35.7 Å². The molecule has 0 aliphatic carbocycles. The van der Waals surface area contributed by atoms with Crippen LogP contribution in [0.5, 0.6) is 0 Å². The van der Waals surface area contributed by atoms with Crippen LogP contribution >= 0.6 is 0 Å². The minimum Gasteiger partial charge on any atom is -0.371 e. The number of aryl methyl sites for hydroxylation is 2. The first-order valence-corrected chi connectivity index (χ1v) is 17.1. The van der Waals surface area contributed by atoms with Crippen LogP contribution in [-0.2, 0) is 51.3 Å². The molecule has 0 radical (unpaired) electrons. The van der Waals surface area contributed by atoms with Crippen LogP contribution in [0.1, 0.15) is 35.6 Å². The SMILES string of the molecule is Cc1ccc(S(=O)(=O)OCC[C@@H](OCc2ccccc2)[C@@H](OCc2ccccc2)[C@H](C)OS(=O)(=O)c2ccc(C)cc2)cc1. The minimum absolute atomic E-state index is 0.0195. The first-order chi connectivity index (χ1) is 21.0. The first-order valence-electron chi connectivity index (χ1n) is 14.3. The van der Waals surface area contributed by atoms with Gasteiger partial charge in [-0.15, -0.1) is 0 Å². The molecule has 44 heavy (non-hydrogen) atoms. The average Bonchev–Trinajstić information content (AvgIpc) is 3.00. The highest BCUT2D eigenvalue weighted by molar-refractivity contribution is 7.87. The molecule has 10 heteroatoms. The van der Waals surface area contributed by atoms with Crippen LogP contribution in [0.15, 0.2) is 119 Å². The number of hydrogen-bond acceptors (Lipinski definition) is 8. The van der Waals surface area contributed by atoms with Gasteiger partial charge in [0.1, 0.15) is 12.2 Å². The van der Waals surface area contributed by atoms with Crippen molar-refractivity contribution in [2.45, 2.75) is 68.5 Å². The molecule has 0 N–H and O–H groups in total. The van der Waals surface area contributed by atoms with Crippen molar-refractivity contribution in [3.63, 3.8) is 0 Å². The fourth-order valence-corrected chi connectivity index (χ4v) is 6.50. The lowest BCUT2D eigenvalue weighted by atomic mass is 10.1. The Bertz CT molecular complexity index is 1660. The summed E-state index contributed by atoms with van der Waals surface area (Å²) < 4.78 is 75.9. The maximum atomic E-state index is 13.2. The van der Waals surface area contributed by atoms with Crippen molar-refractivity contribution in [1.82, 2.24) is 0 Å². The first kappa shape index (κ1) is 33.5. The van der Waals surface area contributed by atoms with E-state index in [0.29, 0.717) is 0 Å². The van der Waals surface area contributed by atoms with E-state index in [1.165, 1.54) is 24.3 Å². The zero-order chi connectivity index (χ0) is 31.6. The number of rotatable bonds is 16. The van der Waals surface area contributed by atoms with E-state index in [0.717, 1.165) is 22.3 Å². The molecule has 3 atom stereocenters. The molecule has 0 fully saturated rings. The van der Waals surface area contributed by atoms with E-state index in [1.54, 1.807) is 31.2 Å². The zero-order valence-corrected chi connectivity index (χ0v) is 26.7. The van der Waals surface area contributed by atoms with E-state index in [2.05, 4.69) is 0 Å². The van der Waals surface area contributed by atoms with Crippen LogP contribution in [0.4, 0.5) is 0 Å². The Kier molecular flexibility index (Phi) is 11.9. The van der Waals surface area contributed by atoms with Crippen molar-refractivity contribution < 1.29 is 34.7 Å². The van der Waals surface area contributed by atoms with Gasteiger partial charge in [-0.05, 0) is 56.2 Å². The van der Waals surface area contributed by atoms with Gasteiger partial charge in [-0.1, -0.05) is 96.1 Å². The van der Waals surface area contributed by atoms with E-state index in [9.17, 15) is 16.8 Å². The van der Waals surface area contributed by atoms with Crippen molar-refractivity contribution in [3.8, 4) is 0 Å². The van der Waals surface area contributed by atoms with E-state index < -0.39 is 38.5 Å². The van der Waals surface area contributed by atoms with Crippen LogP contribution in [0, 0.1) is 13.8 Å². The zero-order valence-electron chi connectivity index (χ0n) is 25.0. The third kappa shape index (κ3) is 9.82. The van der Waals surface area contributed by atoms with Crippen LogP contribution in [0.25, 0.3) is 0 Å². The van der Waals surface area contributed by atoms with E-state index in [1.807, 2.05) is 74.5 Å². The summed E-state index contributed by atoms with van der Waals surface area (Å²) >= 11 is 0. The highest BCUT2D eigenvalue weighted by atomic mass is 32.2. The number of ether oxygens (including phenoxy) is 2. The molecular weight excluding hydrogens is 601 g/mol. The summed E-state index contributed by atoms with van der Waals surface area (Å²) in [5.74, 6) is 0. The summed E-state index contributed by atoms with van der Waals surface area (Å²) in [5.41, 5.74) is 3.58. The predicted octanol–water partition coefficient (Wildman–Crippen LogP) is 6.36. The summed E-state index contributed by atoms with van der Waals surface area (Å²) in [4.78, 5) is 0.0636. The molecule has 0 saturated carbocycles. The lowest BCUT2D eigenvalue weighted by Crippen LogP contribution is -2.42. The summed E-state index contributed by atoms with van der Waals surface area (Å²) in [5, 5.41) is 0. The molecule has 4 aromatic rings. The Balaban J connectivity index is 1.58. The van der Waals surface area contributed by atoms with Gasteiger partial charge in [0.15, 0.2) is 0 Å². The maximum absolute atomic E-state index is 13.2. The van der Waals surface area contributed by atoms with E-state index >= 15 is 0 Å². The van der Waals surface area contributed by atoms with Crippen molar-refractivity contribution in [2.24, 2.45) is 0 Å². The molecule has 234 valence electrons. The normalized spacial score (nSPS) is 14.2. The van der Waals surface area contributed by atoms with Crippen molar-refractivity contribution in [3.05, 3.63) is 131 Å². The topological polar surface area (TPSA) is 105 Å². The van der Waals surface area contributed by atoms with Crippen LogP contribution in [-0.4, -0.2) is 41.8 Å². The molecule has 4 rings (SSSR count). The van der Waals surface area contributed by atoms with Crippen molar-refractivity contribution >= 4 is 20.2 Å². The van der Waals surface area contributed by atoms with Gasteiger partial charge < -0.3 is 9.47 Å². The highest BCUT2D eigenvalue weighted by Crippen LogP contribution is 2.24. The van der Waals surface area contributed by atoms with Crippen LogP contribution in [0.3, 0.4) is 0 Å². The van der Waals surface area contributed by atoms with Crippen LogP contribution < -0.4 is 0 Å². The van der Waals surface area contributed by atoms with Gasteiger partial charge in [0.2, 0.25) is 0 Å². The lowest BCUT2D eigenvalue weighted by molar-refractivity contribution is -0.125. The molecule has 0 aromatic heterocycles. The molecule has 0 heterocycles. The molecular formula is C34H38O8S2. The van der Waals surface area contributed by atoms with Gasteiger partial charge in [0, 0.05) is 6.42 Å². The van der Waals surface area contributed by atoms with E-state index in [4.69, 9.17) is 17.8 Å². The molecule has 0 saturated heterocycles. The second-order valence-corrected chi connectivity index (χ2v) is 13.7. The molecule has 8 nitrogen and oxygen atoms in total. The quantitative estimate of drug-likeness (QED) is 0.131. The standard InChI is InChI=1S/C34H38O8S2/c1-26-14-18-31(19-15-26)43(35,36)41-23-22-33(39-24-29-10-6-4-7-11-29)34(40-25-30-12-8-5-9-13-30)28(3)42-44(37,38)32-20-16-27(2)17-21-32/h4-21,28,33-34H,22-25H2,1-3H3/t28-,33+,34-/m0/s1. The Hall–Kier alpha value is -3.38. The molecule has 4 aromatic carbocycles. The molecule has 0 spiro atoms. The summed E-state index contributed by atoms with van der Waals surface area (Å²) in [6, 6.07) is 31.6. The Morgan fingerprint density at radius 3 is 1.55 bits per heavy atom. The van der Waals surface area contributed by atoms with E-state index in [-0.39, 0.29) is 36.0 Å². The summed E-state index contributed by atoms with van der Waals surface area (Å²) in [6.45, 7) is 5.44. The Labute approximate surface area is 260 Å². The predicted molar refractivity (Wildman–Crippen MR) is 168 cm³/mol.